The molecule has 1 saturated carbocycles. The van der Waals surface area contributed by atoms with Gasteiger partial charge in [0.1, 0.15) is 5.69 Å². The zero-order chi connectivity index (χ0) is 21.8. The summed E-state index contributed by atoms with van der Waals surface area (Å²) in [5.74, 6) is 1.01. The van der Waals surface area contributed by atoms with Crippen LogP contribution < -0.4 is 14.8 Å². The van der Waals surface area contributed by atoms with Gasteiger partial charge in [0.25, 0.3) is 5.91 Å². The molecule has 1 aromatic heterocycles. The molecule has 2 aromatic carbocycles. The molecule has 3 aromatic rings. The summed E-state index contributed by atoms with van der Waals surface area (Å²) in [4.78, 5) is 13.2. The van der Waals surface area contributed by atoms with Crippen molar-refractivity contribution in [3.63, 3.8) is 0 Å². The molecule has 0 spiro atoms. The molecular weight excluding hydrogens is 394 g/mol. The summed E-state index contributed by atoms with van der Waals surface area (Å²) >= 11 is 0. The smallest absolute Gasteiger partial charge is 0.255 e. The molecule has 1 aliphatic carbocycles. The zero-order valence-electron chi connectivity index (χ0n) is 17.7. The third kappa shape index (κ3) is 4.56. The fraction of sp³-hybridized carbons (Fsp3) is 0.333. The topological polar surface area (TPSA) is 85.6 Å². The van der Waals surface area contributed by atoms with Crippen molar-refractivity contribution in [1.82, 2.24) is 15.1 Å². The lowest BCUT2D eigenvalue weighted by atomic mass is 9.93. The van der Waals surface area contributed by atoms with E-state index in [9.17, 15) is 9.90 Å². The van der Waals surface area contributed by atoms with E-state index in [1.807, 2.05) is 42.5 Å². The van der Waals surface area contributed by atoms with Crippen molar-refractivity contribution >= 4 is 5.91 Å². The van der Waals surface area contributed by atoms with Gasteiger partial charge in [0.15, 0.2) is 11.5 Å². The molecule has 7 nitrogen and oxygen atoms in total. The lowest BCUT2D eigenvalue weighted by molar-refractivity contribution is 0.0868. The molecule has 1 amide bonds. The van der Waals surface area contributed by atoms with Crippen LogP contribution in [0.3, 0.4) is 0 Å². The molecule has 0 atom stereocenters. The molecule has 7 heteroatoms. The van der Waals surface area contributed by atoms with Gasteiger partial charge in [-0.05, 0) is 56.0 Å². The molecule has 0 radical (unpaired) electrons. The van der Waals surface area contributed by atoms with Crippen LogP contribution in [0.2, 0.25) is 0 Å². The van der Waals surface area contributed by atoms with Crippen molar-refractivity contribution in [2.24, 2.45) is 0 Å². The highest BCUT2D eigenvalue weighted by molar-refractivity contribution is 6.00. The second kappa shape index (κ2) is 9.22. The quantitative estimate of drug-likeness (QED) is 0.635. The first-order chi connectivity index (χ1) is 15.1. The zero-order valence-corrected chi connectivity index (χ0v) is 17.7. The van der Waals surface area contributed by atoms with Gasteiger partial charge in [0.05, 0.1) is 31.6 Å². The highest BCUT2D eigenvalue weighted by Gasteiger charge is 2.25. The monoisotopic (exact) mass is 421 g/mol. The Morgan fingerprint density at radius 3 is 2.42 bits per heavy atom. The van der Waals surface area contributed by atoms with Gasteiger partial charge in [-0.1, -0.05) is 18.2 Å². The standard InChI is InChI=1S/C24H27N3O4/c1-30-21-13-8-16(14-22(21)31-2)23-20(15-27(26-23)18-6-4-3-5-7-18)24(29)25-17-9-11-19(28)12-10-17/h3-8,13-15,17,19,28H,9-12H2,1-2H3,(H,25,29). The summed E-state index contributed by atoms with van der Waals surface area (Å²) in [7, 11) is 3.16. The van der Waals surface area contributed by atoms with E-state index in [2.05, 4.69) is 5.32 Å². The number of aliphatic hydroxyl groups is 1. The fourth-order valence-corrected chi connectivity index (χ4v) is 3.93. The van der Waals surface area contributed by atoms with Gasteiger partial charge in [-0.25, -0.2) is 4.68 Å². The molecule has 1 heterocycles. The van der Waals surface area contributed by atoms with Gasteiger partial charge in [-0.3, -0.25) is 4.79 Å². The van der Waals surface area contributed by atoms with Crippen LogP contribution in [-0.2, 0) is 0 Å². The van der Waals surface area contributed by atoms with E-state index in [-0.39, 0.29) is 18.1 Å². The van der Waals surface area contributed by atoms with Gasteiger partial charge < -0.3 is 19.9 Å². The summed E-state index contributed by atoms with van der Waals surface area (Å²) < 4.78 is 12.5. The molecule has 0 aliphatic heterocycles. The first-order valence-electron chi connectivity index (χ1n) is 10.5. The van der Waals surface area contributed by atoms with Crippen molar-refractivity contribution in [3.05, 3.63) is 60.3 Å². The minimum atomic E-state index is -0.267. The lowest BCUT2D eigenvalue weighted by Crippen LogP contribution is -2.38. The second-order valence-electron chi connectivity index (χ2n) is 7.72. The number of aromatic nitrogens is 2. The predicted octanol–water partition coefficient (Wildman–Crippen LogP) is 3.59. The van der Waals surface area contributed by atoms with Crippen molar-refractivity contribution in [3.8, 4) is 28.4 Å². The molecule has 162 valence electrons. The van der Waals surface area contributed by atoms with Gasteiger partial charge >= 0.3 is 0 Å². The summed E-state index contributed by atoms with van der Waals surface area (Å²) in [5.41, 5.74) is 2.68. The number of para-hydroxylation sites is 1. The van der Waals surface area contributed by atoms with Crippen LogP contribution in [0.4, 0.5) is 0 Å². The van der Waals surface area contributed by atoms with E-state index < -0.39 is 0 Å². The molecule has 31 heavy (non-hydrogen) atoms. The number of amides is 1. The van der Waals surface area contributed by atoms with Crippen molar-refractivity contribution in [2.45, 2.75) is 37.8 Å². The van der Waals surface area contributed by atoms with Crippen LogP contribution in [0.5, 0.6) is 11.5 Å². The van der Waals surface area contributed by atoms with Crippen molar-refractivity contribution in [2.75, 3.05) is 14.2 Å². The number of aliphatic hydroxyl groups excluding tert-OH is 1. The van der Waals surface area contributed by atoms with Crippen LogP contribution in [0, 0.1) is 0 Å². The van der Waals surface area contributed by atoms with Crippen LogP contribution in [0.25, 0.3) is 16.9 Å². The first-order valence-corrected chi connectivity index (χ1v) is 10.5. The Hall–Kier alpha value is -3.32. The Bertz CT molecular complexity index is 1040. The van der Waals surface area contributed by atoms with Crippen LogP contribution in [-0.4, -0.2) is 47.2 Å². The number of hydrogen-bond donors (Lipinski definition) is 2. The SMILES string of the molecule is COc1ccc(-c2nn(-c3ccccc3)cc2C(=O)NC2CCC(O)CC2)cc1OC. The van der Waals surface area contributed by atoms with E-state index >= 15 is 0 Å². The third-order valence-electron chi connectivity index (χ3n) is 5.67. The average molecular weight is 421 g/mol. The number of nitrogens with one attached hydrogen (secondary N) is 1. The number of ether oxygens (including phenoxy) is 2. The number of rotatable bonds is 6. The van der Waals surface area contributed by atoms with Crippen molar-refractivity contribution in [1.29, 1.82) is 0 Å². The maximum absolute atomic E-state index is 13.2. The molecule has 2 N–H and O–H groups in total. The Kier molecular flexibility index (Phi) is 6.23. The van der Waals surface area contributed by atoms with E-state index in [0.717, 1.165) is 24.1 Å². The summed E-state index contributed by atoms with van der Waals surface area (Å²) in [6.07, 6.45) is 4.44. The predicted molar refractivity (Wildman–Crippen MR) is 118 cm³/mol. The first kappa shape index (κ1) is 20.9. The third-order valence-corrected chi connectivity index (χ3v) is 5.67. The molecule has 0 bridgehead atoms. The summed E-state index contributed by atoms with van der Waals surface area (Å²) in [5, 5.41) is 17.6. The van der Waals surface area contributed by atoms with Gasteiger partial charge in [0, 0.05) is 17.8 Å². The van der Waals surface area contributed by atoms with Crippen LogP contribution >= 0.6 is 0 Å². The average Bonchev–Trinajstić information content (AvgIpc) is 3.26. The molecular formula is C24H27N3O4. The van der Waals surface area contributed by atoms with Gasteiger partial charge in [-0.2, -0.15) is 5.10 Å². The molecule has 0 saturated heterocycles. The van der Waals surface area contributed by atoms with E-state index in [0.29, 0.717) is 35.6 Å². The number of benzene rings is 2. The fourth-order valence-electron chi connectivity index (χ4n) is 3.93. The Morgan fingerprint density at radius 1 is 1.03 bits per heavy atom. The highest BCUT2D eigenvalue weighted by atomic mass is 16.5. The minimum Gasteiger partial charge on any atom is -0.493 e. The summed E-state index contributed by atoms with van der Waals surface area (Å²) in [6, 6.07) is 15.2. The number of hydrogen-bond acceptors (Lipinski definition) is 5. The normalized spacial score (nSPS) is 18.4. The van der Waals surface area contributed by atoms with E-state index in [1.165, 1.54) is 0 Å². The highest BCUT2D eigenvalue weighted by Crippen LogP contribution is 2.33. The molecule has 4 rings (SSSR count). The number of carbonyl (C=O) groups excluding carboxylic acids is 1. The Balaban J connectivity index is 1.71. The maximum Gasteiger partial charge on any atom is 0.255 e. The molecule has 1 fully saturated rings. The number of carbonyl (C=O) groups is 1. The Labute approximate surface area is 181 Å². The second-order valence-corrected chi connectivity index (χ2v) is 7.72. The van der Waals surface area contributed by atoms with Crippen LogP contribution in [0.1, 0.15) is 36.0 Å². The summed E-state index contributed by atoms with van der Waals surface area (Å²) in [6.45, 7) is 0. The molecule has 0 unspecified atom stereocenters. The largest absolute Gasteiger partial charge is 0.493 e. The van der Waals surface area contributed by atoms with Gasteiger partial charge in [-0.15, -0.1) is 0 Å². The lowest BCUT2D eigenvalue weighted by Gasteiger charge is -2.26. The maximum atomic E-state index is 13.2. The molecule has 1 aliphatic rings. The number of nitrogens with zero attached hydrogens (tertiary/aromatic N) is 2. The Morgan fingerprint density at radius 2 is 1.74 bits per heavy atom. The van der Waals surface area contributed by atoms with E-state index in [1.54, 1.807) is 31.2 Å². The number of methoxy groups -OCH3 is 2. The van der Waals surface area contributed by atoms with Crippen molar-refractivity contribution < 1.29 is 19.4 Å². The van der Waals surface area contributed by atoms with E-state index in [4.69, 9.17) is 14.6 Å². The van der Waals surface area contributed by atoms with Crippen LogP contribution in [0.15, 0.2) is 54.7 Å². The van der Waals surface area contributed by atoms with Gasteiger partial charge in [0.2, 0.25) is 0 Å². The minimum absolute atomic E-state index is 0.0502.